The van der Waals surface area contributed by atoms with Crippen molar-refractivity contribution in [3.8, 4) is 0 Å². The van der Waals surface area contributed by atoms with Crippen molar-refractivity contribution in [3.05, 3.63) is 34.9 Å². The van der Waals surface area contributed by atoms with Gasteiger partial charge in [0.25, 0.3) is 0 Å². The van der Waals surface area contributed by atoms with Gasteiger partial charge in [0.05, 0.1) is 0 Å². The summed E-state index contributed by atoms with van der Waals surface area (Å²) in [5.74, 6) is 0.424. The number of hydrogen-bond donors (Lipinski definition) is 1. The lowest BCUT2D eigenvalue weighted by Gasteiger charge is -2.31. The molecule has 1 aromatic rings. The molecular weight excluding hydrogens is 296 g/mol. The summed E-state index contributed by atoms with van der Waals surface area (Å²) in [5, 5.41) is 3.93. The van der Waals surface area contributed by atoms with Gasteiger partial charge in [0.2, 0.25) is 5.91 Å². The van der Waals surface area contributed by atoms with Crippen molar-refractivity contribution in [2.24, 2.45) is 5.92 Å². The van der Waals surface area contributed by atoms with Crippen LogP contribution in [0.15, 0.2) is 24.3 Å². The molecule has 1 fully saturated rings. The third-order valence-electron chi connectivity index (χ3n) is 4.39. The molecule has 0 bridgehead atoms. The van der Waals surface area contributed by atoms with E-state index in [-0.39, 0.29) is 11.8 Å². The zero-order valence-corrected chi connectivity index (χ0v) is 14.4. The average Bonchev–Trinajstić information content (AvgIpc) is 2.50. The Hall–Kier alpha value is -1.06. The Morgan fingerprint density at radius 2 is 1.95 bits per heavy atom. The van der Waals surface area contributed by atoms with E-state index >= 15 is 0 Å². The third kappa shape index (κ3) is 5.29. The second kappa shape index (κ2) is 8.54. The molecule has 3 nitrogen and oxygen atoms in total. The fourth-order valence-corrected chi connectivity index (χ4v) is 3.19. The number of piperidine rings is 1. The number of likely N-dealkylation sites (tertiary alicyclic amines) is 1. The molecular formula is C18H27ClN2O. The molecule has 0 aliphatic carbocycles. The Morgan fingerprint density at radius 1 is 1.32 bits per heavy atom. The normalized spacial score (nSPS) is 18.1. The number of carbonyl (C=O) groups excluding carboxylic acids is 1. The number of amides is 1. The first-order valence-electron chi connectivity index (χ1n) is 8.35. The molecule has 2 rings (SSSR count). The van der Waals surface area contributed by atoms with Gasteiger partial charge in [0, 0.05) is 23.5 Å². The number of carbonyl (C=O) groups is 1. The van der Waals surface area contributed by atoms with Gasteiger partial charge in [-0.15, -0.1) is 0 Å². The summed E-state index contributed by atoms with van der Waals surface area (Å²) >= 11 is 5.91. The lowest BCUT2D eigenvalue weighted by molar-refractivity contribution is -0.127. The Bertz CT molecular complexity index is 466. The Kier molecular flexibility index (Phi) is 6.71. The average molecular weight is 323 g/mol. The van der Waals surface area contributed by atoms with Crippen molar-refractivity contribution in [2.75, 3.05) is 13.1 Å². The van der Waals surface area contributed by atoms with Gasteiger partial charge >= 0.3 is 0 Å². The summed E-state index contributed by atoms with van der Waals surface area (Å²) in [7, 11) is 0. The highest BCUT2D eigenvalue weighted by Crippen LogP contribution is 2.20. The first-order valence-corrected chi connectivity index (χ1v) is 8.73. The van der Waals surface area contributed by atoms with Crippen LogP contribution >= 0.6 is 11.6 Å². The van der Waals surface area contributed by atoms with Gasteiger partial charge in [-0.25, -0.2) is 0 Å². The Labute approximate surface area is 139 Å². The molecule has 1 aliphatic rings. The summed E-state index contributed by atoms with van der Waals surface area (Å²) < 4.78 is 0. The van der Waals surface area contributed by atoms with E-state index in [2.05, 4.69) is 36.2 Å². The van der Waals surface area contributed by atoms with Gasteiger partial charge in [0.15, 0.2) is 0 Å². The highest BCUT2D eigenvalue weighted by molar-refractivity contribution is 6.30. The van der Waals surface area contributed by atoms with E-state index in [0.29, 0.717) is 6.04 Å². The summed E-state index contributed by atoms with van der Waals surface area (Å²) in [6, 6.07) is 8.32. The van der Waals surface area contributed by atoms with E-state index in [1.807, 2.05) is 12.1 Å². The van der Waals surface area contributed by atoms with Crippen molar-refractivity contribution in [2.45, 2.75) is 52.1 Å². The zero-order chi connectivity index (χ0) is 15.9. The summed E-state index contributed by atoms with van der Waals surface area (Å²) in [6.07, 6.45) is 4.08. The third-order valence-corrected chi connectivity index (χ3v) is 4.64. The van der Waals surface area contributed by atoms with Crippen molar-refractivity contribution in [1.29, 1.82) is 0 Å². The summed E-state index contributed by atoms with van der Waals surface area (Å²) in [4.78, 5) is 14.7. The minimum Gasteiger partial charge on any atom is -0.353 e. The van der Waals surface area contributed by atoms with Crippen LogP contribution in [0.1, 0.15) is 45.1 Å². The van der Waals surface area contributed by atoms with Crippen molar-refractivity contribution < 1.29 is 4.79 Å². The smallest absolute Gasteiger partial charge is 0.223 e. The number of rotatable bonds is 6. The molecule has 1 aromatic carbocycles. The molecule has 0 radical (unpaired) electrons. The maximum Gasteiger partial charge on any atom is 0.223 e. The predicted molar refractivity (Wildman–Crippen MR) is 92.0 cm³/mol. The number of nitrogens with zero attached hydrogens (tertiary/aromatic N) is 1. The van der Waals surface area contributed by atoms with E-state index in [4.69, 9.17) is 11.6 Å². The van der Waals surface area contributed by atoms with Crippen LogP contribution in [-0.4, -0.2) is 29.9 Å². The molecule has 1 aliphatic heterocycles. The largest absolute Gasteiger partial charge is 0.353 e. The maximum atomic E-state index is 12.2. The molecule has 22 heavy (non-hydrogen) atoms. The Balaban J connectivity index is 1.75. The molecule has 1 saturated heterocycles. The van der Waals surface area contributed by atoms with Gasteiger partial charge < -0.3 is 5.32 Å². The molecule has 0 saturated carbocycles. The van der Waals surface area contributed by atoms with E-state index in [1.54, 1.807) is 0 Å². The monoisotopic (exact) mass is 322 g/mol. The van der Waals surface area contributed by atoms with E-state index in [0.717, 1.165) is 50.3 Å². The molecule has 1 N–H and O–H groups in total. The van der Waals surface area contributed by atoms with Crippen LogP contribution in [0.4, 0.5) is 0 Å². The lowest BCUT2D eigenvalue weighted by Crippen LogP contribution is -2.42. The van der Waals surface area contributed by atoms with Gasteiger partial charge in [0.1, 0.15) is 0 Å². The van der Waals surface area contributed by atoms with Crippen LogP contribution in [0.2, 0.25) is 5.02 Å². The van der Waals surface area contributed by atoms with Crippen molar-refractivity contribution in [3.63, 3.8) is 0 Å². The Morgan fingerprint density at radius 3 is 2.55 bits per heavy atom. The van der Waals surface area contributed by atoms with Crippen LogP contribution in [0, 0.1) is 5.92 Å². The van der Waals surface area contributed by atoms with Crippen LogP contribution in [0.3, 0.4) is 0 Å². The highest BCUT2D eigenvalue weighted by Gasteiger charge is 2.25. The molecule has 4 heteroatoms. The second-order valence-electron chi connectivity index (χ2n) is 6.38. The molecule has 0 unspecified atom stereocenters. The fourth-order valence-electron chi connectivity index (χ4n) is 3.07. The van der Waals surface area contributed by atoms with Gasteiger partial charge in [-0.2, -0.15) is 0 Å². The van der Waals surface area contributed by atoms with Gasteiger partial charge in [-0.1, -0.05) is 37.1 Å². The molecule has 1 heterocycles. The standard InChI is InChI=1S/C18H27ClN2O/c1-3-4-14(2)20-18(22)16-9-11-21(12-10-16)13-15-5-7-17(19)8-6-15/h5-8,14,16H,3-4,9-13H2,1-2H3,(H,20,22)/t14-/m0/s1. The van der Waals surface area contributed by atoms with Gasteiger partial charge in [-0.05, 0) is 57.0 Å². The SMILES string of the molecule is CCC[C@H](C)NC(=O)C1CCN(Cc2ccc(Cl)cc2)CC1. The molecule has 1 amide bonds. The topological polar surface area (TPSA) is 32.3 Å². The van der Waals surface area contributed by atoms with E-state index < -0.39 is 0 Å². The quantitative estimate of drug-likeness (QED) is 0.862. The first-order chi connectivity index (χ1) is 10.6. The zero-order valence-electron chi connectivity index (χ0n) is 13.6. The maximum absolute atomic E-state index is 12.2. The van der Waals surface area contributed by atoms with Crippen LogP contribution in [0.25, 0.3) is 0 Å². The minimum absolute atomic E-state index is 0.181. The number of nitrogens with one attached hydrogen (secondary N) is 1. The number of benzene rings is 1. The predicted octanol–water partition coefficient (Wildman–Crippen LogP) is 3.86. The van der Waals surface area contributed by atoms with Crippen molar-refractivity contribution >= 4 is 17.5 Å². The molecule has 1 atom stereocenters. The number of hydrogen-bond acceptors (Lipinski definition) is 2. The van der Waals surface area contributed by atoms with Crippen LogP contribution in [0.5, 0.6) is 0 Å². The lowest BCUT2D eigenvalue weighted by atomic mass is 9.95. The minimum atomic E-state index is 0.181. The summed E-state index contributed by atoms with van der Waals surface area (Å²) in [5.41, 5.74) is 1.28. The van der Waals surface area contributed by atoms with Crippen LogP contribution in [-0.2, 0) is 11.3 Å². The van der Waals surface area contributed by atoms with E-state index in [9.17, 15) is 4.79 Å². The molecule has 122 valence electrons. The van der Waals surface area contributed by atoms with Gasteiger partial charge in [-0.3, -0.25) is 9.69 Å². The summed E-state index contributed by atoms with van der Waals surface area (Å²) in [6.45, 7) is 7.17. The second-order valence-corrected chi connectivity index (χ2v) is 6.81. The number of halogens is 1. The highest BCUT2D eigenvalue weighted by atomic mass is 35.5. The van der Waals surface area contributed by atoms with Crippen LogP contribution < -0.4 is 5.32 Å². The molecule has 0 spiro atoms. The van der Waals surface area contributed by atoms with E-state index in [1.165, 1.54) is 5.56 Å². The van der Waals surface area contributed by atoms with Crippen molar-refractivity contribution in [1.82, 2.24) is 10.2 Å². The fraction of sp³-hybridized carbons (Fsp3) is 0.611. The first kappa shape index (κ1) is 17.3. The molecule has 0 aromatic heterocycles.